The van der Waals surface area contributed by atoms with E-state index in [1.165, 1.54) is 11.8 Å². The van der Waals surface area contributed by atoms with Crippen molar-refractivity contribution in [3.63, 3.8) is 0 Å². The van der Waals surface area contributed by atoms with Gasteiger partial charge in [0, 0.05) is 17.8 Å². The van der Waals surface area contributed by atoms with E-state index in [1.54, 1.807) is 0 Å². The van der Waals surface area contributed by atoms with Gasteiger partial charge >= 0.3 is 0 Å². The van der Waals surface area contributed by atoms with Gasteiger partial charge in [0.2, 0.25) is 5.91 Å². The maximum absolute atomic E-state index is 12.9. The number of nitrogens with one attached hydrogen (secondary N) is 1. The molecule has 0 saturated heterocycles. The molecule has 5 nitrogen and oxygen atoms in total. The Balaban J connectivity index is 1.61. The number of nitrogens with zero attached hydrogens (tertiary/aromatic N) is 3. The van der Waals surface area contributed by atoms with Gasteiger partial charge in [-0.3, -0.25) is 9.36 Å². The molecule has 0 unspecified atom stereocenters. The van der Waals surface area contributed by atoms with Crippen molar-refractivity contribution in [2.45, 2.75) is 30.2 Å². The minimum atomic E-state index is -0.281. The van der Waals surface area contributed by atoms with Crippen molar-refractivity contribution in [1.29, 1.82) is 0 Å². The van der Waals surface area contributed by atoms with E-state index in [0.717, 1.165) is 22.8 Å². The van der Waals surface area contributed by atoms with Crippen LogP contribution in [0.4, 0.5) is 5.69 Å². The predicted octanol–water partition coefficient (Wildman–Crippen LogP) is 5.37. The van der Waals surface area contributed by atoms with Gasteiger partial charge in [-0.25, -0.2) is 0 Å². The van der Waals surface area contributed by atoms with Gasteiger partial charge in [-0.2, -0.15) is 0 Å². The van der Waals surface area contributed by atoms with E-state index in [-0.39, 0.29) is 11.2 Å². The Labute approximate surface area is 186 Å². The van der Waals surface area contributed by atoms with Crippen LogP contribution < -0.4 is 5.32 Å². The Morgan fingerprint density at radius 2 is 1.52 bits per heavy atom. The van der Waals surface area contributed by atoms with Gasteiger partial charge in [0.05, 0.1) is 5.25 Å². The Hall–Kier alpha value is -3.38. The topological polar surface area (TPSA) is 59.8 Å². The normalized spacial score (nSPS) is 11.8. The summed E-state index contributed by atoms with van der Waals surface area (Å²) in [5.41, 5.74) is 2.94. The number of hydrogen-bond donors (Lipinski definition) is 1. The molecule has 1 amide bonds. The van der Waals surface area contributed by atoms with Gasteiger partial charge in [0.1, 0.15) is 5.82 Å². The van der Waals surface area contributed by atoms with Gasteiger partial charge in [-0.05, 0) is 36.2 Å². The Kier molecular flexibility index (Phi) is 6.79. The van der Waals surface area contributed by atoms with Gasteiger partial charge in [-0.1, -0.05) is 85.4 Å². The number of benzene rings is 3. The van der Waals surface area contributed by atoms with Crippen LogP contribution in [0.3, 0.4) is 0 Å². The Bertz CT molecular complexity index is 1110. The summed E-state index contributed by atoms with van der Waals surface area (Å²) in [6.45, 7) is 2.01. The highest BCUT2D eigenvalue weighted by molar-refractivity contribution is 8.00. The number of para-hydroxylation sites is 2. The zero-order valence-electron chi connectivity index (χ0n) is 17.3. The fourth-order valence-electron chi connectivity index (χ4n) is 3.30. The molecule has 0 saturated carbocycles. The summed E-state index contributed by atoms with van der Waals surface area (Å²) in [6.07, 6.45) is 1.34. The number of carbonyl (C=O) groups is 1. The summed E-state index contributed by atoms with van der Waals surface area (Å²) in [4.78, 5) is 12.9. The van der Waals surface area contributed by atoms with E-state index in [4.69, 9.17) is 0 Å². The minimum Gasteiger partial charge on any atom is -0.325 e. The fourth-order valence-corrected chi connectivity index (χ4v) is 4.29. The third kappa shape index (κ3) is 5.22. The van der Waals surface area contributed by atoms with E-state index in [9.17, 15) is 4.79 Å². The summed E-state index contributed by atoms with van der Waals surface area (Å²) in [5, 5.41) is 12.4. The van der Waals surface area contributed by atoms with Crippen molar-refractivity contribution in [1.82, 2.24) is 14.8 Å². The minimum absolute atomic E-state index is 0.0362. The molecule has 0 aliphatic heterocycles. The molecular weight excluding hydrogens is 404 g/mol. The number of anilines is 1. The highest BCUT2D eigenvalue weighted by Crippen LogP contribution is 2.29. The lowest BCUT2D eigenvalue weighted by atomic mass is 10.1. The van der Waals surface area contributed by atoms with Crippen LogP contribution in [0.1, 0.15) is 24.7 Å². The monoisotopic (exact) mass is 428 g/mol. The first-order valence-corrected chi connectivity index (χ1v) is 11.2. The van der Waals surface area contributed by atoms with Crippen molar-refractivity contribution >= 4 is 23.4 Å². The van der Waals surface area contributed by atoms with Crippen LogP contribution in [0.25, 0.3) is 5.69 Å². The van der Waals surface area contributed by atoms with E-state index in [1.807, 2.05) is 85.8 Å². The molecule has 1 N–H and O–H groups in total. The molecule has 4 rings (SSSR count). The summed E-state index contributed by atoms with van der Waals surface area (Å²) >= 11 is 1.45. The van der Waals surface area contributed by atoms with E-state index in [2.05, 4.69) is 32.2 Å². The van der Waals surface area contributed by atoms with Crippen LogP contribution in [0.2, 0.25) is 0 Å². The van der Waals surface area contributed by atoms with Crippen LogP contribution >= 0.6 is 11.8 Å². The Morgan fingerprint density at radius 1 is 0.903 bits per heavy atom. The summed E-state index contributed by atoms with van der Waals surface area (Å²) < 4.78 is 2.05. The molecule has 0 radical (unpaired) electrons. The summed E-state index contributed by atoms with van der Waals surface area (Å²) in [7, 11) is 0. The average Bonchev–Trinajstić information content (AvgIpc) is 3.21. The maximum Gasteiger partial charge on any atom is 0.237 e. The molecule has 3 aromatic carbocycles. The van der Waals surface area contributed by atoms with Gasteiger partial charge < -0.3 is 5.32 Å². The molecule has 1 aromatic heterocycles. The number of carbonyl (C=O) groups excluding carboxylic acids is 1. The zero-order chi connectivity index (χ0) is 21.5. The van der Waals surface area contributed by atoms with Crippen molar-refractivity contribution in [2.24, 2.45) is 0 Å². The molecule has 0 bridgehead atoms. The Morgan fingerprint density at radius 3 is 2.16 bits per heavy atom. The number of aromatic nitrogens is 3. The number of thioether (sulfide) groups is 1. The first kappa shape index (κ1) is 20.9. The highest BCUT2D eigenvalue weighted by atomic mass is 32.2. The number of hydrogen-bond acceptors (Lipinski definition) is 4. The lowest BCUT2D eigenvalue weighted by molar-refractivity contribution is -0.115. The molecule has 0 fully saturated rings. The number of amides is 1. The maximum atomic E-state index is 12.9. The average molecular weight is 429 g/mol. The summed E-state index contributed by atoms with van der Waals surface area (Å²) in [5.74, 6) is 0.809. The standard InChI is InChI=1S/C25H24N4OS/c1-2-22(24(30)26-20-14-8-4-9-15-20)31-25-28-27-23(18-19-12-6-3-7-13-19)29(25)21-16-10-5-11-17-21/h3-17,22H,2,18H2,1H3,(H,26,30)/t22-/m1/s1. The molecule has 1 heterocycles. The van der Waals surface area contributed by atoms with Crippen molar-refractivity contribution < 1.29 is 4.79 Å². The lowest BCUT2D eigenvalue weighted by Crippen LogP contribution is -2.25. The van der Waals surface area contributed by atoms with Crippen LogP contribution in [0.5, 0.6) is 0 Å². The molecule has 4 aromatic rings. The number of rotatable bonds is 8. The van der Waals surface area contributed by atoms with Crippen molar-refractivity contribution in [2.75, 3.05) is 5.32 Å². The van der Waals surface area contributed by atoms with E-state index < -0.39 is 0 Å². The molecule has 6 heteroatoms. The fraction of sp³-hybridized carbons (Fsp3) is 0.160. The second kappa shape index (κ2) is 10.1. The third-order valence-electron chi connectivity index (χ3n) is 4.87. The lowest BCUT2D eigenvalue weighted by Gasteiger charge is -2.16. The van der Waals surface area contributed by atoms with Crippen LogP contribution in [0, 0.1) is 0 Å². The van der Waals surface area contributed by atoms with Crippen LogP contribution in [0.15, 0.2) is 96.2 Å². The van der Waals surface area contributed by atoms with E-state index >= 15 is 0 Å². The smallest absolute Gasteiger partial charge is 0.237 e. The van der Waals surface area contributed by atoms with Crippen LogP contribution in [-0.4, -0.2) is 25.9 Å². The molecule has 156 valence electrons. The van der Waals surface area contributed by atoms with Crippen molar-refractivity contribution in [3.8, 4) is 5.69 Å². The third-order valence-corrected chi connectivity index (χ3v) is 6.18. The molecule has 0 aliphatic carbocycles. The first-order valence-electron chi connectivity index (χ1n) is 10.3. The molecule has 1 atom stereocenters. The van der Waals surface area contributed by atoms with Gasteiger partial charge in [-0.15, -0.1) is 10.2 Å². The first-order chi connectivity index (χ1) is 15.2. The summed E-state index contributed by atoms with van der Waals surface area (Å²) in [6, 6.07) is 29.8. The molecular formula is C25H24N4OS. The second-order valence-corrected chi connectivity index (χ2v) is 8.27. The van der Waals surface area contributed by atoms with Crippen molar-refractivity contribution in [3.05, 3.63) is 102 Å². The molecule has 0 spiro atoms. The largest absolute Gasteiger partial charge is 0.325 e. The predicted molar refractivity (Wildman–Crippen MR) is 126 cm³/mol. The van der Waals surface area contributed by atoms with E-state index in [0.29, 0.717) is 18.0 Å². The quantitative estimate of drug-likeness (QED) is 0.384. The van der Waals surface area contributed by atoms with Gasteiger partial charge in [0.25, 0.3) is 0 Å². The molecule has 0 aliphatic rings. The highest BCUT2D eigenvalue weighted by Gasteiger charge is 2.23. The van der Waals surface area contributed by atoms with Gasteiger partial charge in [0.15, 0.2) is 5.16 Å². The molecule has 31 heavy (non-hydrogen) atoms. The zero-order valence-corrected chi connectivity index (χ0v) is 18.1. The van der Waals surface area contributed by atoms with Crippen LogP contribution in [-0.2, 0) is 11.2 Å². The second-order valence-electron chi connectivity index (χ2n) is 7.10. The SMILES string of the molecule is CC[C@@H](Sc1nnc(Cc2ccccc2)n1-c1ccccc1)C(=O)Nc1ccccc1.